The maximum Gasteiger partial charge on any atom is 0.265 e. The summed E-state index contributed by atoms with van der Waals surface area (Å²) in [4.78, 5) is -0.943. The van der Waals surface area contributed by atoms with E-state index in [1.165, 1.54) is 67.3 Å². The number of aromatic nitrogens is 4. The Bertz CT molecular complexity index is 1680. The molecular formula is C23H22F2N6O5S2. The molecule has 4 aromatic rings. The smallest absolute Gasteiger partial charge is 0.265 e. The summed E-state index contributed by atoms with van der Waals surface area (Å²) in [5, 5.41) is 10.7. The highest BCUT2D eigenvalue weighted by Gasteiger charge is 2.26. The van der Waals surface area contributed by atoms with Crippen molar-refractivity contribution in [3.05, 3.63) is 83.7 Å². The predicted molar refractivity (Wildman–Crippen MR) is 134 cm³/mol. The van der Waals surface area contributed by atoms with E-state index in [1.807, 2.05) is 0 Å². The van der Waals surface area contributed by atoms with Crippen molar-refractivity contribution in [2.75, 3.05) is 16.1 Å². The molecule has 0 saturated heterocycles. The van der Waals surface area contributed by atoms with E-state index in [4.69, 9.17) is 4.74 Å². The number of sulfonamides is 2. The van der Waals surface area contributed by atoms with Gasteiger partial charge in [-0.1, -0.05) is 12.1 Å². The molecule has 0 saturated carbocycles. The van der Waals surface area contributed by atoms with E-state index in [9.17, 15) is 25.6 Å². The summed E-state index contributed by atoms with van der Waals surface area (Å²) < 4.78 is 92.5. The first-order valence-corrected chi connectivity index (χ1v) is 14.0. The zero-order valence-corrected chi connectivity index (χ0v) is 21.7. The molecule has 1 aromatic heterocycles. The van der Waals surface area contributed by atoms with E-state index >= 15 is 0 Å². The van der Waals surface area contributed by atoms with E-state index < -0.39 is 41.5 Å². The van der Waals surface area contributed by atoms with Crippen LogP contribution in [0.3, 0.4) is 0 Å². The molecule has 0 radical (unpaired) electrons. The van der Waals surface area contributed by atoms with Crippen LogP contribution >= 0.6 is 0 Å². The molecule has 2 N–H and O–H groups in total. The average molecular weight is 565 g/mol. The van der Waals surface area contributed by atoms with Crippen molar-refractivity contribution in [3.63, 3.8) is 0 Å². The summed E-state index contributed by atoms with van der Waals surface area (Å²) in [7, 11) is -8.83. The monoisotopic (exact) mass is 564 g/mol. The van der Waals surface area contributed by atoms with Crippen molar-refractivity contribution in [1.82, 2.24) is 20.2 Å². The van der Waals surface area contributed by atoms with Gasteiger partial charge in [-0.05, 0) is 66.7 Å². The summed E-state index contributed by atoms with van der Waals surface area (Å²) in [5.74, 6) is -1.41. The van der Waals surface area contributed by atoms with Crippen LogP contribution in [0.2, 0.25) is 0 Å². The molecule has 0 aliphatic carbocycles. The highest BCUT2D eigenvalue weighted by Crippen LogP contribution is 2.31. The van der Waals surface area contributed by atoms with Crippen LogP contribution in [-0.2, 0) is 26.6 Å². The van der Waals surface area contributed by atoms with Crippen molar-refractivity contribution in [2.45, 2.75) is 30.2 Å². The molecule has 0 bridgehead atoms. The van der Waals surface area contributed by atoms with Gasteiger partial charge in [-0.25, -0.2) is 30.3 Å². The first-order valence-electron chi connectivity index (χ1n) is 11.0. The van der Waals surface area contributed by atoms with Gasteiger partial charge in [0.2, 0.25) is 0 Å². The molecule has 0 unspecified atom stereocenters. The number of halogens is 2. The maximum absolute atomic E-state index is 14.0. The Balaban J connectivity index is 1.72. The van der Waals surface area contributed by atoms with Gasteiger partial charge in [0.05, 0.1) is 22.8 Å². The largest absolute Gasteiger partial charge is 0.490 e. The Hall–Kier alpha value is -4.11. The second kappa shape index (κ2) is 10.7. The quantitative estimate of drug-likeness (QED) is 0.299. The molecule has 0 fully saturated rings. The number of ether oxygens (including phenoxy) is 1. The highest BCUT2D eigenvalue weighted by atomic mass is 32.2. The Labute approximate surface area is 217 Å². The van der Waals surface area contributed by atoms with Gasteiger partial charge in [0.25, 0.3) is 20.0 Å². The van der Waals surface area contributed by atoms with Gasteiger partial charge in [-0.3, -0.25) is 9.44 Å². The molecule has 0 aliphatic rings. The third-order valence-corrected chi connectivity index (χ3v) is 8.26. The van der Waals surface area contributed by atoms with Gasteiger partial charge in [0, 0.05) is 11.1 Å². The van der Waals surface area contributed by atoms with Gasteiger partial charge in [0.15, 0.2) is 0 Å². The Morgan fingerprint density at radius 3 is 2.05 bits per heavy atom. The summed E-state index contributed by atoms with van der Waals surface area (Å²) in [6, 6.07) is 11.0. The van der Waals surface area contributed by atoms with Crippen molar-refractivity contribution >= 4 is 31.4 Å². The second-order valence-corrected chi connectivity index (χ2v) is 11.4. The summed E-state index contributed by atoms with van der Waals surface area (Å²) in [5.41, 5.74) is 0.0649. The Morgan fingerprint density at radius 2 is 1.47 bits per heavy atom. The zero-order valence-electron chi connectivity index (χ0n) is 20.1. The lowest BCUT2D eigenvalue weighted by Crippen LogP contribution is -2.19. The molecule has 0 amide bonds. The molecule has 1 heterocycles. The lowest BCUT2D eigenvalue weighted by Gasteiger charge is -2.17. The van der Waals surface area contributed by atoms with E-state index in [0.29, 0.717) is 0 Å². The van der Waals surface area contributed by atoms with Crippen molar-refractivity contribution in [3.8, 4) is 5.75 Å². The number of nitrogens with zero attached hydrogens (tertiary/aromatic N) is 4. The third-order valence-electron chi connectivity index (χ3n) is 5.51. The number of hydrogen-bond donors (Lipinski definition) is 2. The Kier molecular flexibility index (Phi) is 7.59. The van der Waals surface area contributed by atoms with Crippen LogP contribution in [0.25, 0.3) is 0 Å². The molecule has 11 nitrogen and oxygen atoms in total. The molecule has 38 heavy (non-hydrogen) atoms. The summed E-state index contributed by atoms with van der Waals surface area (Å²) in [6.07, 6.45) is 1.34. The number of rotatable bonds is 10. The topological polar surface area (TPSA) is 145 Å². The fraction of sp³-hybridized carbons (Fsp3) is 0.174. The van der Waals surface area contributed by atoms with Crippen LogP contribution in [0.4, 0.5) is 20.2 Å². The van der Waals surface area contributed by atoms with E-state index in [0.717, 1.165) is 12.1 Å². The minimum Gasteiger partial charge on any atom is -0.490 e. The fourth-order valence-electron chi connectivity index (χ4n) is 3.36. The highest BCUT2D eigenvalue weighted by molar-refractivity contribution is 7.93. The molecule has 0 atom stereocenters. The molecular weight excluding hydrogens is 542 g/mol. The lowest BCUT2D eigenvalue weighted by atomic mass is 10.2. The fourth-order valence-corrected chi connectivity index (χ4v) is 5.87. The normalized spacial score (nSPS) is 11.8. The van der Waals surface area contributed by atoms with Crippen molar-refractivity contribution in [2.24, 2.45) is 0 Å². The summed E-state index contributed by atoms with van der Waals surface area (Å²) >= 11 is 0. The van der Waals surface area contributed by atoms with Gasteiger partial charge < -0.3 is 4.74 Å². The van der Waals surface area contributed by atoms with Gasteiger partial charge in [0.1, 0.15) is 35.2 Å². The second-order valence-electron chi connectivity index (χ2n) is 8.07. The Morgan fingerprint density at radius 1 is 0.868 bits per heavy atom. The minimum absolute atomic E-state index is 0.00955. The van der Waals surface area contributed by atoms with Crippen LogP contribution in [0.15, 0.2) is 70.7 Å². The van der Waals surface area contributed by atoms with Crippen LogP contribution < -0.4 is 14.2 Å². The number of anilines is 2. The SMILES string of the molecule is Cc1c(F)cccc1NS(=O)(=O)c1ccc(OCCn2cnnn2)c(S(=O)(=O)Nc2cccc(F)c2C)c1. The van der Waals surface area contributed by atoms with E-state index in [2.05, 4.69) is 25.0 Å². The molecule has 3 aromatic carbocycles. The van der Waals surface area contributed by atoms with E-state index in [-0.39, 0.29) is 41.4 Å². The lowest BCUT2D eigenvalue weighted by molar-refractivity contribution is 0.282. The van der Waals surface area contributed by atoms with Crippen LogP contribution in [0.5, 0.6) is 5.75 Å². The number of hydrogen-bond acceptors (Lipinski definition) is 8. The van der Waals surface area contributed by atoms with E-state index in [1.54, 1.807) is 0 Å². The van der Waals surface area contributed by atoms with Crippen molar-refractivity contribution in [1.29, 1.82) is 0 Å². The standard InChI is InChI=1S/C23H22F2N6O5S2/c1-15-18(24)5-3-7-20(15)27-37(32,33)17-9-10-22(36-12-11-31-14-26-29-30-31)23(13-17)38(34,35)28-21-8-4-6-19(25)16(21)2/h3-10,13-14,27-28H,11-12H2,1-2H3. The van der Waals surface area contributed by atoms with Gasteiger partial charge in [-0.15, -0.1) is 5.10 Å². The molecule has 0 aliphatic heterocycles. The first kappa shape index (κ1) is 26.9. The van der Waals surface area contributed by atoms with Crippen molar-refractivity contribution < 1.29 is 30.4 Å². The first-order chi connectivity index (χ1) is 18.0. The summed E-state index contributed by atoms with van der Waals surface area (Å²) in [6.45, 7) is 2.90. The molecule has 15 heteroatoms. The molecule has 200 valence electrons. The maximum atomic E-state index is 14.0. The molecule has 0 spiro atoms. The van der Waals surface area contributed by atoms with Crippen LogP contribution in [-0.4, -0.2) is 43.6 Å². The number of nitrogens with one attached hydrogen (secondary N) is 2. The van der Waals surface area contributed by atoms with Gasteiger partial charge >= 0.3 is 0 Å². The van der Waals surface area contributed by atoms with Gasteiger partial charge in [-0.2, -0.15) is 0 Å². The minimum atomic E-state index is -4.48. The third kappa shape index (κ3) is 5.89. The predicted octanol–water partition coefficient (Wildman–Crippen LogP) is 3.25. The zero-order chi connectivity index (χ0) is 27.5. The number of tetrazole rings is 1. The van der Waals surface area contributed by atoms with Crippen LogP contribution in [0, 0.1) is 25.5 Å². The van der Waals surface area contributed by atoms with Crippen LogP contribution in [0.1, 0.15) is 11.1 Å². The average Bonchev–Trinajstić information content (AvgIpc) is 3.38. The molecule has 4 rings (SSSR count). The number of benzene rings is 3.